The van der Waals surface area contributed by atoms with Crippen LogP contribution in [0, 0.1) is 12.8 Å². The van der Waals surface area contributed by atoms with Gasteiger partial charge in [0.25, 0.3) is 5.91 Å². The smallest absolute Gasteiger partial charge is 0.260 e. The molecule has 2 fully saturated rings. The molecule has 1 aromatic rings. The van der Waals surface area contributed by atoms with E-state index in [4.69, 9.17) is 16.3 Å². The summed E-state index contributed by atoms with van der Waals surface area (Å²) in [5, 5.41) is 0.713. The van der Waals surface area contributed by atoms with E-state index in [0.29, 0.717) is 31.2 Å². The SMILES string of the molecule is Cc1cc(OCC(=O)N2CCN(C(=O)C3CCC3)CC2)c(C(C)C)cc1Cl. The van der Waals surface area contributed by atoms with E-state index in [1.165, 1.54) is 0 Å². The third kappa shape index (κ3) is 4.57. The van der Waals surface area contributed by atoms with Crippen molar-refractivity contribution in [2.24, 2.45) is 5.92 Å². The summed E-state index contributed by atoms with van der Waals surface area (Å²) in [6.45, 7) is 8.50. The zero-order valence-electron chi connectivity index (χ0n) is 16.5. The lowest BCUT2D eigenvalue weighted by molar-refractivity contribution is -0.144. The van der Waals surface area contributed by atoms with E-state index in [1.54, 1.807) is 4.90 Å². The van der Waals surface area contributed by atoms with Crippen LogP contribution in [0.15, 0.2) is 12.1 Å². The molecule has 0 spiro atoms. The second kappa shape index (κ2) is 8.51. The summed E-state index contributed by atoms with van der Waals surface area (Å²) in [7, 11) is 0. The van der Waals surface area contributed by atoms with Crippen molar-refractivity contribution in [3.8, 4) is 5.75 Å². The van der Waals surface area contributed by atoms with E-state index in [0.717, 1.165) is 36.1 Å². The number of carbonyl (C=O) groups is 2. The first kappa shape index (κ1) is 20.0. The average molecular weight is 393 g/mol. The summed E-state index contributed by atoms with van der Waals surface area (Å²) in [5.74, 6) is 1.43. The van der Waals surface area contributed by atoms with Crippen LogP contribution in [0.5, 0.6) is 5.75 Å². The van der Waals surface area contributed by atoms with Gasteiger partial charge in [0.05, 0.1) is 0 Å². The minimum Gasteiger partial charge on any atom is -0.483 e. The maximum absolute atomic E-state index is 12.6. The minimum atomic E-state index is -0.0342. The largest absolute Gasteiger partial charge is 0.483 e. The quantitative estimate of drug-likeness (QED) is 0.768. The molecule has 0 aromatic heterocycles. The fraction of sp³-hybridized carbons (Fsp3) is 0.619. The molecule has 0 N–H and O–H groups in total. The number of nitrogens with zero attached hydrogens (tertiary/aromatic N) is 2. The molecule has 0 bridgehead atoms. The van der Waals surface area contributed by atoms with E-state index < -0.39 is 0 Å². The highest BCUT2D eigenvalue weighted by Crippen LogP contribution is 2.32. The Morgan fingerprint density at radius 3 is 2.33 bits per heavy atom. The Morgan fingerprint density at radius 2 is 1.78 bits per heavy atom. The Labute approximate surface area is 166 Å². The van der Waals surface area contributed by atoms with Crippen molar-refractivity contribution in [3.63, 3.8) is 0 Å². The zero-order chi connectivity index (χ0) is 19.6. The summed E-state index contributed by atoms with van der Waals surface area (Å²) in [6, 6.07) is 3.83. The van der Waals surface area contributed by atoms with Gasteiger partial charge in [-0.3, -0.25) is 9.59 Å². The van der Waals surface area contributed by atoms with Crippen LogP contribution in [0.2, 0.25) is 5.02 Å². The molecule has 0 unspecified atom stereocenters. The molecule has 1 saturated carbocycles. The van der Waals surface area contributed by atoms with Gasteiger partial charge in [-0.15, -0.1) is 0 Å². The third-order valence-corrected chi connectivity index (χ3v) is 6.07. The van der Waals surface area contributed by atoms with Crippen LogP contribution in [-0.2, 0) is 9.59 Å². The molecule has 1 aliphatic carbocycles. The predicted molar refractivity (Wildman–Crippen MR) is 106 cm³/mol. The van der Waals surface area contributed by atoms with Gasteiger partial charge in [-0.1, -0.05) is 31.9 Å². The lowest BCUT2D eigenvalue weighted by atomic mass is 9.84. The summed E-state index contributed by atoms with van der Waals surface area (Å²) in [6.07, 6.45) is 3.20. The van der Waals surface area contributed by atoms with Crippen LogP contribution in [-0.4, -0.2) is 54.4 Å². The predicted octanol–water partition coefficient (Wildman–Crippen LogP) is 3.62. The van der Waals surface area contributed by atoms with Crippen LogP contribution in [0.25, 0.3) is 0 Å². The van der Waals surface area contributed by atoms with Crippen molar-refractivity contribution >= 4 is 23.4 Å². The summed E-state index contributed by atoms with van der Waals surface area (Å²) in [5.41, 5.74) is 1.95. The monoisotopic (exact) mass is 392 g/mol. The summed E-state index contributed by atoms with van der Waals surface area (Å²) >= 11 is 6.23. The molecular formula is C21H29ClN2O3. The number of halogens is 1. The van der Waals surface area contributed by atoms with Gasteiger partial charge in [0.1, 0.15) is 5.75 Å². The summed E-state index contributed by atoms with van der Waals surface area (Å²) < 4.78 is 5.86. The maximum atomic E-state index is 12.6. The van der Waals surface area contributed by atoms with Gasteiger partial charge in [-0.25, -0.2) is 0 Å². The Morgan fingerprint density at radius 1 is 1.15 bits per heavy atom. The van der Waals surface area contributed by atoms with E-state index in [2.05, 4.69) is 13.8 Å². The molecule has 1 heterocycles. The molecule has 1 aromatic carbocycles. The number of ether oxygens (including phenoxy) is 1. The first-order valence-electron chi connectivity index (χ1n) is 9.86. The first-order chi connectivity index (χ1) is 12.9. The minimum absolute atomic E-state index is 0.0113. The van der Waals surface area contributed by atoms with E-state index in [9.17, 15) is 9.59 Å². The molecule has 3 rings (SSSR count). The molecule has 1 aliphatic heterocycles. The number of rotatable bonds is 5. The Balaban J connectivity index is 1.53. The lowest BCUT2D eigenvalue weighted by Gasteiger charge is -2.38. The lowest BCUT2D eigenvalue weighted by Crippen LogP contribution is -2.53. The molecular weight excluding hydrogens is 364 g/mol. The van der Waals surface area contributed by atoms with E-state index in [-0.39, 0.29) is 30.3 Å². The summed E-state index contributed by atoms with van der Waals surface area (Å²) in [4.78, 5) is 28.6. The Bertz CT molecular complexity index is 708. The fourth-order valence-corrected chi connectivity index (χ4v) is 3.74. The fourth-order valence-electron chi connectivity index (χ4n) is 3.57. The number of piperazine rings is 1. The van der Waals surface area contributed by atoms with Gasteiger partial charge >= 0.3 is 0 Å². The van der Waals surface area contributed by atoms with Gasteiger partial charge in [0, 0.05) is 37.1 Å². The number of hydrogen-bond acceptors (Lipinski definition) is 3. The van der Waals surface area contributed by atoms with E-state index >= 15 is 0 Å². The normalized spacial score (nSPS) is 17.8. The van der Waals surface area contributed by atoms with Gasteiger partial charge in [-0.05, 0) is 48.9 Å². The molecule has 27 heavy (non-hydrogen) atoms. The van der Waals surface area contributed by atoms with Crippen LogP contribution >= 0.6 is 11.6 Å². The maximum Gasteiger partial charge on any atom is 0.260 e. The molecule has 5 nitrogen and oxygen atoms in total. The third-order valence-electron chi connectivity index (χ3n) is 5.66. The number of carbonyl (C=O) groups excluding carboxylic acids is 2. The van der Waals surface area contributed by atoms with Crippen LogP contribution < -0.4 is 4.74 Å². The molecule has 0 atom stereocenters. The molecule has 2 amide bonds. The van der Waals surface area contributed by atoms with Gasteiger partial charge < -0.3 is 14.5 Å². The van der Waals surface area contributed by atoms with Crippen LogP contribution in [0.4, 0.5) is 0 Å². The molecule has 2 aliphatic rings. The Kier molecular flexibility index (Phi) is 6.30. The highest BCUT2D eigenvalue weighted by molar-refractivity contribution is 6.31. The molecule has 6 heteroatoms. The zero-order valence-corrected chi connectivity index (χ0v) is 17.2. The van der Waals surface area contributed by atoms with Crippen molar-refractivity contribution in [2.45, 2.75) is 46.0 Å². The number of hydrogen-bond donors (Lipinski definition) is 0. The second-order valence-corrected chi connectivity index (χ2v) is 8.32. The van der Waals surface area contributed by atoms with Crippen molar-refractivity contribution in [1.29, 1.82) is 0 Å². The highest BCUT2D eigenvalue weighted by Gasteiger charge is 2.32. The Hall–Kier alpha value is -1.75. The molecule has 1 saturated heterocycles. The standard InChI is InChI=1S/C21H29ClN2O3/c1-14(2)17-12-18(22)15(3)11-19(17)27-13-20(25)23-7-9-24(10-8-23)21(26)16-5-4-6-16/h11-12,14,16H,4-10,13H2,1-3H3. The number of benzene rings is 1. The number of amides is 2. The van der Waals surface area contributed by atoms with Gasteiger partial charge in [-0.2, -0.15) is 0 Å². The van der Waals surface area contributed by atoms with Crippen LogP contribution in [0.1, 0.15) is 50.2 Å². The molecule has 0 radical (unpaired) electrons. The molecule has 148 valence electrons. The highest BCUT2D eigenvalue weighted by atomic mass is 35.5. The first-order valence-corrected chi connectivity index (χ1v) is 10.2. The van der Waals surface area contributed by atoms with Crippen molar-refractivity contribution in [3.05, 3.63) is 28.3 Å². The topological polar surface area (TPSA) is 49.9 Å². The van der Waals surface area contributed by atoms with Crippen molar-refractivity contribution in [2.75, 3.05) is 32.8 Å². The van der Waals surface area contributed by atoms with Gasteiger partial charge in [0.2, 0.25) is 5.91 Å². The van der Waals surface area contributed by atoms with Crippen LogP contribution in [0.3, 0.4) is 0 Å². The van der Waals surface area contributed by atoms with E-state index in [1.807, 2.05) is 24.0 Å². The van der Waals surface area contributed by atoms with Crippen molar-refractivity contribution < 1.29 is 14.3 Å². The van der Waals surface area contributed by atoms with Crippen molar-refractivity contribution in [1.82, 2.24) is 9.80 Å². The second-order valence-electron chi connectivity index (χ2n) is 7.92. The average Bonchev–Trinajstić information content (AvgIpc) is 2.60. The number of aryl methyl sites for hydroxylation is 1. The van der Waals surface area contributed by atoms with Gasteiger partial charge in [0.15, 0.2) is 6.61 Å².